The molecule has 0 saturated carbocycles. The third-order valence-electron chi connectivity index (χ3n) is 3.34. The van der Waals surface area contributed by atoms with E-state index in [2.05, 4.69) is 15.3 Å². The molecule has 122 valence electrons. The van der Waals surface area contributed by atoms with Gasteiger partial charge in [0.2, 0.25) is 0 Å². The molecule has 2 aromatic carbocycles. The van der Waals surface area contributed by atoms with Crippen molar-refractivity contribution in [2.75, 3.05) is 11.6 Å². The lowest BCUT2D eigenvalue weighted by Crippen LogP contribution is -2.01. The summed E-state index contributed by atoms with van der Waals surface area (Å²) in [6.07, 6.45) is 2.93. The van der Waals surface area contributed by atoms with Gasteiger partial charge in [0.15, 0.2) is 15.7 Å². The zero-order chi connectivity index (χ0) is 17.0. The monoisotopic (exact) mass is 339 g/mol. The zero-order valence-electron chi connectivity index (χ0n) is 13.2. The van der Waals surface area contributed by atoms with Crippen molar-refractivity contribution in [1.29, 1.82) is 0 Å². The molecule has 24 heavy (non-hydrogen) atoms. The standard InChI is InChI=1S/C18H17N3O2S/c1-24(22,23)13-14-7-9-16(10-8-14)20-17-11-12-19-18(21-17)15-5-3-2-4-6-15/h2-12H,13H2,1H3,(H,19,20,21). The van der Waals surface area contributed by atoms with Crippen molar-refractivity contribution in [2.24, 2.45) is 0 Å². The van der Waals surface area contributed by atoms with Crippen molar-refractivity contribution in [3.05, 3.63) is 72.4 Å². The molecule has 0 aliphatic rings. The van der Waals surface area contributed by atoms with E-state index >= 15 is 0 Å². The highest BCUT2D eigenvalue weighted by molar-refractivity contribution is 7.89. The molecule has 0 saturated heterocycles. The summed E-state index contributed by atoms with van der Waals surface area (Å²) in [5, 5.41) is 3.20. The fourth-order valence-electron chi connectivity index (χ4n) is 2.29. The van der Waals surface area contributed by atoms with Crippen LogP contribution in [0, 0.1) is 0 Å². The second-order valence-corrected chi connectivity index (χ2v) is 7.66. The summed E-state index contributed by atoms with van der Waals surface area (Å²) in [6, 6.07) is 18.8. The first-order valence-corrected chi connectivity index (χ1v) is 9.48. The summed E-state index contributed by atoms with van der Waals surface area (Å²) in [5.41, 5.74) is 2.55. The van der Waals surface area contributed by atoms with Gasteiger partial charge < -0.3 is 5.32 Å². The van der Waals surface area contributed by atoms with E-state index in [0.717, 1.165) is 16.8 Å². The largest absolute Gasteiger partial charge is 0.340 e. The Labute approximate surface area is 141 Å². The fraction of sp³-hybridized carbons (Fsp3) is 0.111. The van der Waals surface area contributed by atoms with Crippen LogP contribution >= 0.6 is 0 Å². The van der Waals surface area contributed by atoms with E-state index in [0.29, 0.717) is 11.6 Å². The minimum atomic E-state index is -3.03. The van der Waals surface area contributed by atoms with Gasteiger partial charge in [-0.05, 0) is 23.8 Å². The normalized spacial score (nSPS) is 11.2. The lowest BCUT2D eigenvalue weighted by atomic mass is 10.2. The average Bonchev–Trinajstić information content (AvgIpc) is 2.56. The second kappa shape index (κ2) is 6.80. The Balaban J connectivity index is 1.77. The van der Waals surface area contributed by atoms with Crippen LogP contribution in [0.15, 0.2) is 66.9 Å². The van der Waals surface area contributed by atoms with Gasteiger partial charge in [0, 0.05) is 23.7 Å². The summed E-state index contributed by atoms with van der Waals surface area (Å²) in [6.45, 7) is 0. The van der Waals surface area contributed by atoms with Crippen LogP contribution in [0.5, 0.6) is 0 Å². The van der Waals surface area contributed by atoms with Crippen molar-refractivity contribution >= 4 is 21.3 Å². The number of nitrogens with one attached hydrogen (secondary N) is 1. The van der Waals surface area contributed by atoms with Gasteiger partial charge in [0.1, 0.15) is 5.82 Å². The lowest BCUT2D eigenvalue weighted by molar-refractivity contribution is 0.601. The highest BCUT2D eigenvalue weighted by atomic mass is 32.2. The van der Waals surface area contributed by atoms with Crippen molar-refractivity contribution in [3.63, 3.8) is 0 Å². The van der Waals surface area contributed by atoms with Crippen LogP contribution in [-0.4, -0.2) is 24.6 Å². The van der Waals surface area contributed by atoms with Gasteiger partial charge in [-0.3, -0.25) is 0 Å². The number of rotatable bonds is 5. The summed E-state index contributed by atoms with van der Waals surface area (Å²) in [5.74, 6) is 1.37. The number of hydrogen-bond donors (Lipinski definition) is 1. The molecular weight excluding hydrogens is 322 g/mol. The topological polar surface area (TPSA) is 72.0 Å². The van der Waals surface area contributed by atoms with E-state index in [1.807, 2.05) is 42.5 Å². The highest BCUT2D eigenvalue weighted by Crippen LogP contribution is 2.19. The van der Waals surface area contributed by atoms with Gasteiger partial charge in [-0.1, -0.05) is 42.5 Å². The van der Waals surface area contributed by atoms with Crippen molar-refractivity contribution in [1.82, 2.24) is 9.97 Å². The molecule has 0 aliphatic heterocycles. The van der Waals surface area contributed by atoms with Crippen LogP contribution in [-0.2, 0) is 15.6 Å². The Hall–Kier alpha value is -2.73. The van der Waals surface area contributed by atoms with E-state index < -0.39 is 9.84 Å². The van der Waals surface area contributed by atoms with E-state index in [1.54, 1.807) is 24.4 Å². The van der Waals surface area contributed by atoms with Crippen LogP contribution in [0.25, 0.3) is 11.4 Å². The van der Waals surface area contributed by atoms with Crippen LogP contribution in [0.2, 0.25) is 0 Å². The van der Waals surface area contributed by atoms with E-state index in [9.17, 15) is 8.42 Å². The summed E-state index contributed by atoms with van der Waals surface area (Å²) >= 11 is 0. The molecule has 3 rings (SSSR count). The minimum Gasteiger partial charge on any atom is -0.340 e. The molecule has 0 atom stereocenters. The molecule has 0 aliphatic carbocycles. The number of benzene rings is 2. The molecular formula is C18H17N3O2S. The third-order valence-corrected chi connectivity index (χ3v) is 4.20. The first-order valence-electron chi connectivity index (χ1n) is 7.42. The molecule has 5 nitrogen and oxygen atoms in total. The molecule has 0 amide bonds. The number of aromatic nitrogens is 2. The Morgan fingerprint density at radius 2 is 1.67 bits per heavy atom. The number of hydrogen-bond acceptors (Lipinski definition) is 5. The number of nitrogens with zero attached hydrogens (tertiary/aromatic N) is 2. The van der Waals surface area contributed by atoms with Crippen LogP contribution in [0.4, 0.5) is 11.5 Å². The minimum absolute atomic E-state index is 0.0406. The Bertz CT molecular complexity index is 924. The predicted molar refractivity (Wildman–Crippen MR) is 95.7 cm³/mol. The number of anilines is 2. The molecule has 3 aromatic rings. The van der Waals surface area contributed by atoms with Crippen molar-refractivity contribution in [2.45, 2.75) is 5.75 Å². The van der Waals surface area contributed by atoms with Gasteiger partial charge in [-0.15, -0.1) is 0 Å². The first kappa shape index (κ1) is 16.1. The molecule has 0 bridgehead atoms. The van der Waals surface area contributed by atoms with Gasteiger partial charge in [0.05, 0.1) is 5.75 Å². The first-order chi connectivity index (χ1) is 11.5. The Morgan fingerprint density at radius 3 is 2.33 bits per heavy atom. The second-order valence-electron chi connectivity index (χ2n) is 5.52. The maximum atomic E-state index is 11.3. The van der Waals surface area contributed by atoms with Crippen LogP contribution in [0.1, 0.15) is 5.56 Å². The summed E-state index contributed by atoms with van der Waals surface area (Å²) in [7, 11) is -3.03. The van der Waals surface area contributed by atoms with Gasteiger partial charge in [-0.2, -0.15) is 0 Å². The SMILES string of the molecule is CS(=O)(=O)Cc1ccc(Nc2ccnc(-c3ccccc3)n2)cc1. The van der Waals surface area contributed by atoms with Gasteiger partial charge in [0.25, 0.3) is 0 Å². The van der Waals surface area contributed by atoms with E-state index in [-0.39, 0.29) is 5.75 Å². The lowest BCUT2D eigenvalue weighted by Gasteiger charge is -2.08. The maximum absolute atomic E-state index is 11.3. The molecule has 0 spiro atoms. The Kier molecular flexibility index (Phi) is 4.57. The molecule has 0 radical (unpaired) electrons. The fourth-order valence-corrected chi connectivity index (χ4v) is 3.09. The zero-order valence-corrected chi connectivity index (χ0v) is 14.0. The van der Waals surface area contributed by atoms with Gasteiger partial charge in [-0.25, -0.2) is 18.4 Å². The Morgan fingerprint density at radius 1 is 0.958 bits per heavy atom. The van der Waals surface area contributed by atoms with E-state index in [1.165, 1.54) is 6.26 Å². The molecule has 1 N–H and O–H groups in total. The molecule has 0 fully saturated rings. The quantitative estimate of drug-likeness (QED) is 0.771. The molecule has 6 heteroatoms. The maximum Gasteiger partial charge on any atom is 0.161 e. The number of sulfone groups is 1. The van der Waals surface area contributed by atoms with E-state index in [4.69, 9.17) is 0 Å². The summed E-state index contributed by atoms with van der Waals surface area (Å²) < 4.78 is 22.6. The van der Waals surface area contributed by atoms with Crippen molar-refractivity contribution < 1.29 is 8.42 Å². The van der Waals surface area contributed by atoms with Crippen molar-refractivity contribution in [3.8, 4) is 11.4 Å². The molecule has 1 aromatic heterocycles. The molecule has 1 heterocycles. The van der Waals surface area contributed by atoms with Gasteiger partial charge >= 0.3 is 0 Å². The van der Waals surface area contributed by atoms with Crippen LogP contribution in [0.3, 0.4) is 0 Å². The van der Waals surface area contributed by atoms with Crippen LogP contribution < -0.4 is 5.32 Å². The smallest absolute Gasteiger partial charge is 0.161 e. The third kappa shape index (κ3) is 4.39. The highest BCUT2D eigenvalue weighted by Gasteiger charge is 2.05. The average molecular weight is 339 g/mol. The summed E-state index contributed by atoms with van der Waals surface area (Å²) in [4.78, 5) is 8.79. The molecule has 0 unspecified atom stereocenters. The predicted octanol–water partition coefficient (Wildman–Crippen LogP) is 3.43.